The van der Waals surface area contributed by atoms with Crippen molar-refractivity contribution in [2.75, 3.05) is 13.1 Å². The maximum Gasteiger partial charge on any atom is 0.304 e. The number of carboxylic acids is 1. The summed E-state index contributed by atoms with van der Waals surface area (Å²) in [5, 5.41) is 11.5. The molecule has 0 aliphatic carbocycles. The lowest BCUT2D eigenvalue weighted by atomic mass is 10.2. The van der Waals surface area contributed by atoms with Gasteiger partial charge in [0.05, 0.1) is 6.42 Å². The molecule has 82 valence electrons. The first-order valence-corrected chi connectivity index (χ1v) is 5.05. The minimum absolute atomic E-state index is 0.184. The summed E-state index contributed by atoms with van der Waals surface area (Å²) in [4.78, 5) is 10.2. The molecule has 0 radical (unpaired) electrons. The molecule has 0 aliphatic rings. The summed E-state index contributed by atoms with van der Waals surface area (Å²) in [6.07, 6.45) is 5.13. The van der Waals surface area contributed by atoms with Crippen LogP contribution in [0.1, 0.15) is 12.0 Å². The number of aromatic nitrogens is 1. The van der Waals surface area contributed by atoms with Gasteiger partial charge in [-0.05, 0) is 18.5 Å². The van der Waals surface area contributed by atoms with Gasteiger partial charge in [0.15, 0.2) is 12.4 Å². The summed E-state index contributed by atoms with van der Waals surface area (Å²) in [5.41, 5.74) is 1.26. The van der Waals surface area contributed by atoms with E-state index in [-0.39, 0.29) is 6.42 Å². The molecule has 0 aliphatic heterocycles. The Labute approximate surface area is 89.6 Å². The topological polar surface area (TPSA) is 53.2 Å². The first-order valence-electron chi connectivity index (χ1n) is 5.05. The number of hydrogen-bond donors (Lipinski definition) is 2. The van der Waals surface area contributed by atoms with E-state index < -0.39 is 5.97 Å². The van der Waals surface area contributed by atoms with Crippen LogP contribution >= 0.6 is 0 Å². The van der Waals surface area contributed by atoms with Gasteiger partial charge in [0.25, 0.3) is 0 Å². The van der Waals surface area contributed by atoms with E-state index in [0.717, 1.165) is 13.0 Å². The Morgan fingerprint density at radius 3 is 2.67 bits per heavy atom. The Bertz CT molecular complexity index is 309. The SMILES string of the molecule is C[n+]1ccc(CCNCCC(=O)O)cc1. The number of carbonyl (C=O) groups is 1. The van der Waals surface area contributed by atoms with Gasteiger partial charge in [-0.2, -0.15) is 0 Å². The lowest BCUT2D eigenvalue weighted by molar-refractivity contribution is -0.671. The van der Waals surface area contributed by atoms with Gasteiger partial charge in [0.1, 0.15) is 7.05 Å². The Kier molecular flexibility index (Phi) is 4.77. The van der Waals surface area contributed by atoms with Crippen LogP contribution in [0, 0.1) is 0 Å². The van der Waals surface area contributed by atoms with Crippen LogP contribution < -0.4 is 9.88 Å². The number of rotatable bonds is 6. The molecule has 0 bridgehead atoms. The molecule has 1 heterocycles. The number of aryl methyl sites for hydroxylation is 1. The summed E-state index contributed by atoms with van der Waals surface area (Å²) >= 11 is 0. The third kappa shape index (κ3) is 5.12. The number of nitrogens with one attached hydrogen (secondary N) is 1. The van der Waals surface area contributed by atoms with Crippen LogP contribution in [0.15, 0.2) is 24.5 Å². The Balaban J connectivity index is 2.15. The molecule has 0 unspecified atom stereocenters. The predicted octanol–water partition coefficient (Wildman–Crippen LogP) is 0.118. The first kappa shape index (κ1) is 11.7. The zero-order valence-electron chi connectivity index (χ0n) is 8.94. The molecular formula is C11H17N2O2+. The summed E-state index contributed by atoms with van der Waals surface area (Å²) in [6, 6.07) is 4.14. The lowest BCUT2D eigenvalue weighted by Crippen LogP contribution is -2.26. The Morgan fingerprint density at radius 2 is 2.07 bits per heavy atom. The zero-order chi connectivity index (χ0) is 11.1. The second kappa shape index (κ2) is 6.14. The molecule has 0 fully saturated rings. The van der Waals surface area contributed by atoms with E-state index in [1.165, 1.54) is 5.56 Å². The number of nitrogens with zero attached hydrogens (tertiary/aromatic N) is 1. The highest BCUT2D eigenvalue weighted by molar-refractivity contribution is 5.66. The van der Waals surface area contributed by atoms with Crippen LogP contribution in [-0.4, -0.2) is 24.2 Å². The molecule has 1 aromatic rings. The van der Waals surface area contributed by atoms with Crippen molar-refractivity contribution in [3.63, 3.8) is 0 Å². The molecule has 0 saturated heterocycles. The molecule has 2 N–H and O–H groups in total. The van der Waals surface area contributed by atoms with Crippen molar-refractivity contribution in [3.8, 4) is 0 Å². The van der Waals surface area contributed by atoms with Crippen LogP contribution in [0.2, 0.25) is 0 Å². The number of pyridine rings is 1. The predicted molar refractivity (Wildman–Crippen MR) is 56.4 cm³/mol. The average Bonchev–Trinajstić information content (AvgIpc) is 2.20. The normalized spacial score (nSPS) is 10.2. The average molecular weight is 209 g/mol. The van der Waals surface area contributed by atoms with E-state index in [9.17, 15) is 4.79 Å². The zero-order valence-corrected chi connectivity index (χ0v) is 8.94. The molecule has 4 nitrogen and oxygen atoms in total. The second-order valence-electron chi connectivity index (χ2n) is 3.52. The quantitative estimate of drug-likeness (QED) is 0.517. The molecular weight excluding hydrogens is 192 g/mol. The van der Waals surface area contributed by atoms with Gasteiger partial charge in [-0.3, -0.25) is 4.79 Å². The van der Waals surface area contributed by atoms with Gasteiger partial charge < -0.3 is 10.4 Å². The van der Waals surface area contributed by atoms with Crippen LogP contribution in [0.4, 0.5) is 0 Å². The van der Waals surface area contributed by atoms with Gasteiger partial charge in [-0.25, -0.2) is 4.57 Å². The van der Waals surface area contributed by atoms with Gasteiger partial charge in [-0.15, -0.1) is 0 Å². The van der Waals surface area contributed by atoms with Crippen LogP contribution in [-0.2, 0) is 18.3 Å². The van der Waals surface area contributed by atoms with Gasteiger partial charge in [0.2, 0.25) is 0 Å². The van der Waals surface area contributed by atoms with Crippen LogP contribution in [0.5, 0.6) is 0 Å². The maximum absolute atomic E-state index is 10.2. The molecule has 0 aromatic carbocycles. The fourth-order valence-electron chi connectivity index (χ4n) is 1.25. The first-order chi connectivity index (χ1) is 7.18. The highest BCUT2D eigenvalue weighted by Gasteiger charge is 1.97. The van der Waals surface area contributed by atoms with Crippen molar-refractivity contribution in [2.45, 2.75) is 12.8 Å². The fourth-order valence-corrected chi connectivity index (χ4v) is 1.25. The van der Waals surface area contributed by atoms with E-state index in [2.05, 4.69) is 17.4 Å². The minimum Gasteiger partial charge on any atom is -0.481 e. The van der Waals surface area contributed by atoms with Crippen LogP contribution in [0.3, 0.4) is 0 Å². The number of aliphatic carboxylic acids is 1. The molecule has 0 spiro atoms. The van der Waals surface area contributed by atoms with Crippen molar-refractivity contribution in [3.05, 3.63) is 30.1 Å². The van der Waals surface area contributed by atoms with Crippen molar-refractivity contribution in [1.29, 1.82) is 0 Å². The molecule has 0 amide bonds. The van der Waals surface area contributed by atoms with E-state index in [0.29, 0.717) is 6.54 Å². The summed E-state index contributed by atoms with van der Waals surface area (Å²) in [7, 11) is 1.98. The van der Waals surface area contributed by atoms with Crippen molar-refractivity contribution in [1.82, 2.24) is 5.32 Å². The third-order valence-corrected chi connectivity index (χ3v) is 2.15. The summed E-state index contributed by atoms with van der Waals surface area (Å²) in [6.45, 7) is 1.36. The van der Waals surface area contributed by atoms with Crippen molar-refractivity contribution in [2.24, 2.45) is 7.05 Å². The Morgan fingerprint density at radius 1 is 1.40 bits per heavy atom. The third-order valence-electron chi connectivity index (χ3n) is 2.15. The van der Waals surface area contributed by atoms with Gasteiger partial charge in [-0.1, -0.05) is 0 Å². The number of carboxylic acid groups (broad SMARTS) is 1. The van der Waals surface area contributed by atoms with Gasteiger partial charge in [0, 0.05) is 18.7 Å². The van der Waals surface area contributed by atoms with Crippen molar-refractivity contribution < 1.29 is 14.5 Å². The Hall–Kier alpha value is -1.42. The smallest absolute Gasteiger partial charge is 0.304 e. The standard InChI is InChI=1S/C11H16N2O2/c1-13-8-4-10(5-9-13)2-6-12-7-3-11(14)15/h4-5,8-9,12H,2-3,6-7H2,1H3/p+1. The highest BCUT2D eigenvalue weighted by atomic mass is 16.4. The second-order valence-corrected chi connectivity index (χ2v) is 3.52. The molecule has 1 aromatic heterocycles. The molecule has 1 rings (SSSR count). The summed E-state index contributed by atoms with van der Waals surface area (Å²) < 4.78 is 1.99. The lowest BCUT2D eigenvalue weighted by Gasteiger charge is -2.02. The fraction of sp³-hybridized carbons (Fsp3) is 0.455. The molecule has 4 heteroatoms. The molecule has 0 atom stereocenters. The minimum atomic E-state index is -0.755. The monoisotopic (exact) mass is 209 g/mol. The molecule has 0 saturated carbocycles. The highest BCUT2D eigenvalue weighted by Crippen LogP contribution is 1.94. The van der Waals surface area contributed by atoms with E-state index in [1.807, 2.05) is 24.0 Å². The van der Waals surface area contributed by atoms with E-state index in [4.69, 9.17) is 5.11 Å². The van der Waals surface area contributed by atoms with E-state index in [1.54, 1.807) is 0 Å². The van der Waals surface area contributed by atoms with Gasteiger partial charge >= 0.3 is 5.97 Å². The maximum atomic E-state index is 10.2. The van der Waals surface area contributed by atoms with Crippen molar-refractivity contribution >= 4 is 5.97 Å². The van der Waals surface area contributed by atoms with Crippen LogP contribution in [0.25, 0.3) is 0 Å². The summed E-state index contributed by atoms with van der Waals surface area (Å²) in [5.74, 6) is -0.755. The largest absolute Gasteiger partial charge is 0.481 e. The number of hydrogen-bond acceptors (Lipinski definition) is 2. The van der Waals surface area contributed by atoms with E-state index >= 15 is 0 Å². The molecule has 15 heavy (non-hydrogen) atoms.